The highest BCUT2D eigenvalue weighted by atomic mass is 16.5. The number of fused-ring (bicyclic) bond motifs is 1. The van der Waals surface area contributed by atoms with E-state index in [-0.39, 0.29) is 24.2 Å². The van der Waals surface area contributed by atoms with Gasteiger partial charge >= 0.3 is 0 Å². The predicted molar refractivity (Wildman–Crippen MR) is 125 cm³/mol. The predicted octanol–water partition coefficient (Wildman–Crippen LogP) is 1.02. The fourth-order valence-corrected chi connectivity index (χ4v) is 5.08. The number of aliphatic hydroxyl groups excluding tert-OH is 1. The summed E-state index contributed by atoms with van der Waals surface area (Å²) in [5.74, 6) is 0.0590. The number of carbonyl (C=O) groups excluding carboxylic acids is 1. The summed E-state index contributed by atoms with van der Waals surface area (Å²) in [5, 5.41) is 13.4. The smallest absolute Gasteiger partial charge is 0.222 e. The molecule has 0 aromatic heterocycles. The van der Waals surface area contributed by atoms with Crippen LogP contribution in [0.4, 0.5) is 0 Å². The molecule has 1 aromatic carbocycles. The summed E-state index contributed by atoms with van der Waals surface area (Å²) in [5.41, 5.74) is 1.23. The Labute approximate surface area is 197 Å². The van der Waals surface area contributed by atoms with Crippen LogP contribution < -0.4 is 5.32 Å². The van der Waals surface area contributed by atoms with E-state index in [4.69, 9.17) is 14.2 Å². The first-order valence-electron chi connectivity index (χ1n) is 12.4. The molecule has 3 aliphatic rings. The van der Waals surface area contributed by atoms with Crippen LogP contribution in [0, 0.1) is 0 Å². The molecule has 0 saturated carbocycles. The Balaban J connectivity index is 1.23. The number of hydrogen-bond acceptors (Lipinski definition) is 7. The molecule has 2 N–H and O–H groups in total. The molecule has 0 bridgehead atoms. The van der Waals surface area contributed by atoms with Crippen molar-refractivity contribution in [1.29, 1.82) is 0 Å². The SMILES string of the molecule is O=C(C[C@@H]1CC[C@H]2[C@@H](COC[C@H](O)CN2Cc2ccccc2)O1)NCCCN1CCOCC1. The highest BCUT2D eigenvalue weighted by Crippen LogP contribution is 2.28. The maximum absolute atomic E-state index is 12.5. The van der Waals surface area contributed by atoms with Gasteiger partial charge < -0.3 is 24.6 Å². The number of ether oxygens (including phenoxy) is 3. The minimum absolute atomic E-state index is 0.0590. The lowest BCUT2D eigenvalue weighted by Gasteiger charge is -2.44. The molecule has 33 heavy (non-hydrogen) atoms. The van der Waals surface area contributed by atoms with Crippen molar-refractivity contribution in [2.24, 2.45) is 0 Å². The van der Waals surface area contributed by atoms with E-state index >= 15 is 0 Å². The second kappa shape index (κ2) is 12.8. The molecule has 4 rings (SSSR count). The Morgan fingerprint density at radius 3 is 2.73 bits per heavy atom. The van der Waals surface area contributed by atoms with Gasteiger partial charge in [0.1, 0.15) is 0 Å². The zero-order chi connectivity index (χ0) is 22.9. The molecule has 0 unspecified atom stereocenters. The molecule has 0 spiro atoms. The van der Waals surface area contributed by atoms with Crippen LogP contribution in [0.2, 0.25) is 0 Å². The lowest BCUT2D eigenvalue weighted by Crippen LogP contribution is -2.55. The summed E-state index contributed by atoms with van der Waals surface area (Å²) in [4.78, 5) is 17.2. The van der Waals surface area contributed by atoms with Crippen LogP contribution >= 0.6 is 0 Å². The summed E-state index contributed by atoms with van der Waals surface area (Å²) in [6.45, 7) is 7.35. The van der Waals surface area contributed by atoms with Gasteiger partial charge in [-0.1, -0.05) is 30.3 Å². The minimum atomic E-state index is -0.504. The third-order valence-corrected chi connectivity index (χ3v) is 6.81. The highest BCUT2D eigenvalue weighted by Gasteiger charge is 2.38. The number of rotatable bonds is 8. The van der Waals surface area contributed by atoms with Crippen molar-refractivity contribution in [3.8, 4) is 0 Å². The van der Waals surface area contributed by atoms with E-state index in [1.165, 1.54) is 5.56 Å². The summed E-state index contributed by atoms with van der Waals surface area (Å²) in [6.07, 6.45) is 2.43. The normalized spacial score (nSPS) is 29.6. The summed E-state index contributed by atoms with van der Waals surface area (Å²) in [6, 6.07) is 10.5. The fraction of sp³-hybridized carbons (Fsp3) is 0.720. The lowest BCUT2D eigenvalue weighted by molar-refractivity contribution is -0.158. The molecule has 0 radical (unpaired) electrons. The van der Waals surface area contributed by atoms with Crippen molar-refractivity contribution in [2.75, 3.05) is 59.2 Å². The first-order chi connectivity index (χ1) is 16.2. The zero-order valence-corrected chi connectivity index (χ0v) is 19.6. The van der Waals surface area contributed by atoms with Gasteiger partial charge in [-0.05, 0) is 31.4 Å². The van der Waals surface area contributed by atoms with E-state index in [0.717, 1.165) is 58.7 Å². The lowest BCUT2D eigenvalue weighted by atomic mass is 9.94. The molecule has 1 amide bonds. The van der Waals surface area contributed by atoms with Crippen LogP contribution in [-0.2, 0) is 25.5 Å². The number of hydrogen-bond donors (Lipinski definition) is 2. The Morgan fingerprint density at radius 1 is 1.09 bits per heavy atom. The largest absolute Gasteiger partial charge is 0.389 e. The second-order valence-electron chi connectivity index (χ2n) is 9.41. The van der Waals surface area contributed by atoms with Gasteiger partial charge in [-0.3, -0.25) is 14.6 Å². The van der Waals surface area contributed by atoms with Crippen LogP contribution in [0.5, 0.6) is 0 Å². The van der Waals surface area contributed by atoms with Gasteiger partial charge in [0, 0.05) is 38.8 Å². The maximum Gasteiger partial charge on any atom is 0.222 e. The Morgan fingerprint density at radius 2 is 1.91 bits per heavy atom. The van der Waals surface area contributed by atoms with Crippen LogP contribution in [0.25, 0.3) is 0 Å². The number of aliphatic hydroxyl groups is 1. The van der Waals surface area contributed by atoms with E-state index in [2.05, 4.69) is 27.2 Å². The number of nitrogens with one attached hydrogen (secondary N) is 1. The van der Waals surface area contributed by atoms with Crippen LogP contribution in [0.15, 0.2) is 30.3 Å². The van der Waals surface area contributed by atoms with Crippen molar-refractivity contribution < 1.29 is 24.1 Å². The second-order valence-corrected chi connectivity index (χ2v) is 9.41. The van der Waals surface area contributed by atoms with Crippen molar-refractivity contribution >= 4 is 5.91 Å². The van der Waals surface area contributed by atoms with E-state index in [1.54, 1.807) is 0 Å². The fourth-order valence-electron chi connectivity index (χ4n) is 5.08. The van der Waals surface area contributed by atoms with E-state index in [1.807, 2.05) is 18.2 Å². The molecule has 4 atom stereocenters. The Hall–Kier alpha value is -1.55. The van der Waals surface area contributed by atoms with Gasteiger partial charge in [0.2, 0.25) is 5.91 Å². The molecular weight excluding hydrogens is 422 g/mol. The molecule has 0 aliphatic carbocycles. The van der Waals surface area contributed by atoms with E-state index in [0.29, 0.717) is 32.7 Å². The average molecular weight is 462 g/mol. The molecule has 3 saturated heterocycles. The van der Waals surface area contributed by atoms with Gasteiger partial charge in [0.25, 0.3) is 0 Å². The molecular formula is C25H39N3O5. The summed E-state index contributed by atoms with van der Waals surface area (Å²) >= 11 is 0. The number of morpholine rings is 1. The molecule has 3 aliphatic heterocycles. The van der Waals surface area contributed by atoms with Gasteiger partial charge in [0.15, 0.2) is 0 Å². The summed E-state index contributed by atoms with van der Waals surface area (Å²) < 4.78 is 17.5. The number of amides is 1. The third kappa shape index (κ3) is 7.73. The Bertz CT molecular complexity index is 715. The molecule has 3 fully saturated rings. The zero-order valence-electron chi connectivity index (χ0n) is 19.6. The first kappa shape index (κ1) is 24.6. The third-order valence-electron chi connectivity index (χ3n) is 6.81. The number of β-amino-alcohol motifs (C(OH)–C–C–N with tert-alkyl or cyclic N) is 1. The van der Waals surface area contributed by atoms with E-state index < -0.39 is 6.10 Å². The number of benzene rings is 1. The molecule has 3 heterocycles. The number of carbonyl (C=O) groups is 1. The highest BCUT2D eigenvalue weighted by molar-refractivity contribution is 5.76. The monoisotopic (exact) mass is 461 g/mol. The van der Waals surface area contributed by atoms with Crippen LogP contribution in [0.3, 0.4) is 0 Å². The molecule has 8 nitrogen and oxygen atoms in total. The molecule has 8 heteroatoms. The number of nitrogens with zero attached hydrogens (tertiary/aromatic N) is 2. The summed E-state index contributed by atoms with van der Waals surface area (Å²) in [7, 11) is 0. The van der Waals surface area contributed by atoms with Gasteiger partial charge in [0.05, 0.1) is 51.2 Å². The standard InChI is InChI=1S/C25H39N3O5/c29-21-17-28(16-20-5-2-1-3-6-20)23-8-7-22(33-24(23)19-32-18-21)15-25(30)26-9-4-10-27-11-13-31-14-12-27/h1-3,5-6,21-24,29H,4,7-19H2,(H,26,30)/t21-,22+,23+,24-/m1/s1. The quantitative estimate of drug-likeness (QED) is 0.560. The molecule has 1 aromatic rings. The van der Waals surface area contributed by atoms with Crippen molar-refractivity contribution in [2.45, 2.75) is 56.6 Å². The van der Waals surface area contributed by atoms with Gasteiger partial charge in [-0.2, -0.15) is 0 Å². The molecule has 184 valence electrons. The van der Waals surface area contributed by atoms with Crippen molar-refractivity contribution in [1.82, 2.24) is 15.1 Å². The van der Waals surface area contributed by atoms with Crippen LogP contribution in [0.1, 0.15) is 31.2 Å². The van der Waals surface area contributed by atoms with Crippen molar-refractivity contribution in [3.05, 3.63) is 35.9 Å². The average Bonchev–Trinajstić information content (AvgIpc) is 2.82. The van der Waals surface area contributed by atoms with Gasteiger partial charge in [-0.15, -0.1) is 0 Å². The topological polar surface area (TPSA) is 83.5 Å². The van der Waals surface area contributed by atoms with Crippen molar-refractivity contribution in [3.63, 3.8) is 0 Å². The Kier molecular flexibility index (Phi) is 9.52. The maximum atomic E-state index is 12.5. The van der Waals surface area contributed by atoms with Crippen LogP contribution in [-0.4, -0.2) is 104 Å². The van der Waals surface area contributed by atoms with E-state index in [9.17, 15) is 9.90 Å². The first-order valence-corrected chi connectivity index (χ1v) is 12.4. The minimum Gasteiger partial charge on any atom is -0.389 e. The van der Waals surface area contributed by atoms with Gasteiger partial charge in [-0.25, -0.2) is 0 Å².